The van der Waals surface area contributed by atoms with Crippen LogP contribution in [0.25, 0.3) is 12.2 Å². The van der Waals surface area contributed by atoms with Crippen LogP contribution in [0.4, 0.5) is 0 Å². The van der Waals surface area contributed by atoms with Crippen molar-refractivity contribution in [2.75, 3.05) is 0 Å². The molecule has 0 fully saturated rings. The number of benzene rings is 2. The molecule has 3 rings (SSSR count). The molecule has 1 nitrogen and oxygen atoms in total. The van der Waals surface area contributed by atoms with Gasteiger partial charge in [-0.1, -0.05) is 78.9 Å². The predicted octanol–water partition coefficient (Wildman–Crippen LogP) is 4.94. The molecular weight excluding hydrogens is 242 g/mol. The van der Waals surface area contributed by atoms with Gasteiger partial charge in [0.15, 0.2) is 0 Å². The van der Waals surface area contributed by atoms with Crippen molar-refractivity contribution in [1.82, 2.24) is 4.98 Å². The lowest BCUT2D eigenvalue weighted by Gasteiger charge is -1.92. The Hall–Kier alpha value is -2.67. The summed E-state index contributed by atoms with van der Waals surface area (Å²) in [5, 5.41) is 0. The SMILES string of the molecule is C(=Cc1ccccc1)c1ccccc1.c1ccncc1. The Morgan fingerprint density at radius 3 is 1.20 bits per heavy atom. The summed E-state index contributed by atoms with van der Waals surface area (Å²) in [6, 6.07) is 26.3. The maximum Gasteiger partial charge on any atom is 0.0267 e. The molecule has 0 saturated carbocycles. The highest BCUT2D eigenvalue weighted by atomic mass is 14.6. The van der Waals surface area contributed by atoms with Gasteiger partial charge in [-0.3, -0.25) is 4.98 Å². The highest BCUT2D eigenvalue weighted by Crippen LogP contribution is 2.06. The van der Waals surface area contributed by atoms with Crippen LogP contribution in [0.3, 0.4) is 0 Å². The van der Waals surface area contributed by atoms with Gasteiger partial charge in [0.25, 0.3) is 0 Å². The van der Waals surface area contributed by atoms with Crippen LogP contribution in [0.2, 0.25) is 0 Å². The fraction of sp³-hybridized carbons (Fsp3) is 0. The summed E-state index contributed by atoms with van der Waals surface area (Å²) in [6.45, 7) is 0. The zero-order valence-corrected chi connectivity index (χ0v) is 11.3. The number of hydrogen-bond acceptors (Lipinski definition) is 1. The molecule has 98 valence electrons. The Morgan fingerprint density at radius 2 is 0.900 bits per heavy atom. The summed E-state index contributed by atoms with van der Waals surface area (Å²) in [6.07, 6.45) is 7.74. The highest BCUT2D eigenvalue weighted by Gasteiger charge is 1.84. The summed E-state index contributed by atoms with van der Waals surface area (Å²) in [5.41, 5.74) is 2.47. The van der Waals surface area contributed by atoms with Gasteiger partial charge in [0, 0.05) is 12.4 Å². The summed E-state index contributed by atoms with van der Waals surface area (Å²) >= 11 is 0. The number of hydrogen-bond donors (Lipinski definition) is 0. The van der Waals surface area contributed by atoms with Gasteiger partial charge in [0.1, 0.15) is 0 Å². The molecule has 0 saturated heterocycles. The minimum atomic E-state index is 1.23. The smallest absolute Gasteiger partial charge is 0.0267 e. The molecule has 0 unspecified atom stereocenters. The topological polar surface area (TPSA) is 12.9 Å². The third-order valence-electron chi connectivity index (χ3n) is 2.63. The van der Waals surface area contributed by atoms with E-state index in [4.69, 9.17) is 0 Å². The van der Waals surface area contributed by atoms with Gasteiger partial charge in [-0.2, -0.15) is 0 Å². The lowest BCUT2D eigenvalue weighted by molar-refractivity contribution is 1.33. The van der Waals surface area contributed by atoms with Crippen LogP contribution in [0.15, 0.2) is 91.3 Å². The van der Waals surface area contributed by atoms with Crippen molar-refractivity contribution in [2.45, 2.75) is 0 Å². The average Bonchev–Trinajstić information content (AvgIpc) is 2.57. The van der Waals surface area contributed by atoms with Crippen molar-refractivity contribution < 1.29 is 0 Å². The first-order valence-electron chi connectivity index (χ1n) is 6.58. The van der Waals surface area contributed by atoms with Crippen LogP contribution in [0, 0.1) is 0 Å². The largest absolute Gasteiger partial charge is 0.265 e. The van der Waals surface area contributed by atoms with E-state index in [1.807, 2.05) is 54.6 Å². The van der Waals surface area contributed by atoms with Gasteiger partial charge in [0.05, 0.1) is 0 Å². The van der Waals surface area contributed by atoms with E-state index < -0.39 is 0 Å². The second-order valence-electron chi connectivity index (χ2n) is 4.18. The Labute approximate surface area is 120 Å². The highest BCUT2D eigenvalue weighted by molar-refractivity contribution is 5.69. The van der Waals surface area contributed by atoms with Crippen molar-refractivity contribution in [2.24, 2.45) is 0 Å². The molecule has 0 aliphatic heterocycles. The first-order valence-corrected chi connectivity index (χ1v) is 6.58. The minimum Gasteiger partial charge on any atom is -0.265 e. The average molecular weight is 259 g/mol. The summed E-state index contributed by atoms with van der Waals surface area (Å²) < 4.78 is 0. The van der Waals surface area contributed by atoms with Crippen molar-refractivity contribution in [3.63, 3.8) is 0 Å². The van der Waals surface area contributed by atoms with E-state index in [-0.39, 0.29) is 0 Å². The monoisotopic (exact) mass is 259 g/mol. The van der Waals surface area contributed by atoms with E-state index in [0.29, 0.717) is 0 Å². The molecule has 2 aromatic carbocycles. The van der Waals surface area contributed by atoms with Crippen LogP contribution < -0.4 is 0 Å². The van der Waals surface area contributed by atoms with Crippen LogP contribution in [0.1, 0.15) is 11.1 Å². The second-order valence-corrected chi connectivity index (χ2v) is 4.18. The van der Waals surface area contributed by atoms with Crippen LogP contribution in [-0.2, 0) is 0 Å². The lowest BCUT2D eigenvalue weighted by atomic mass is 10.1. The quantitative estimate of drug-likeness (QED) is 0.594. The predicted molar refractivity (Wildman–Crippen MR) is 86.0 cm³/mol. The lowest BCUT2D eigenvalue weighted by Crippen LogP contribution is -1.70. The summed E-state index contributed by atoms with van der Waals surface area (Å²) in [4.78, 5) is 3.78. The van der Waals surface area contributed by atoms with Gasteiger partial charge < -0.3 is 0 Å². The van der Waals surface area contributed by atoms with Gasteiger partial charge in [-0.15, -0.1) is 0 Å². The first kappa shape index (κ1) is 13.8. The number of nitrogens with zero attached hydrogens (tertiary/aromatic N) is 1. The second kappa shape index (κ2) is 8.44. The van der Waals surface area contributed by atoms with E-state index in [1.54, 1.807) is 12.4 Å². The van der Waals surface area contributed by atoms with Gasteiger partial charge >= 0.3 is 0 Å². The standard InChI is InChI=1S/C14H12.C5H5N/c1-3-7-13(8-4-1)11-12-14-9-5-2-6-10-14;1-2-4-6-5-3-1/h1-12H;1-5H. The van der Waals surface area contributed by atoms with Crippen LogP contribution in [-0.4, -0.2) is 4.98 Å². The van der Waals surface area contributed by atoms with E-state index in [2.05, 4.69) is 41.4 Å². The molecule has 0 N–H and O–H groups in total. The van der Waals surface area contributed by atoms with Crippen molar-refractivity contribution >= 4 is 12.2 Å². The molecule has 3 aromatic rings. The molecule has 0 amide bonds. The Balaban J connectivity index is 0.000000205. The molecule has 1 aromatic heterocycles. The molecule has 0 radical (unpaired) electrons. The van der Waals surface area contributed by atoms with Crippen molar-refractivity contribution in [1.29, 1.82) is 0 Å². The fourth-order valence-electron chi connectivity index (χ4n) is 1.63. The number of aromatic nitrogens is 1. The third kappa shape index (κ3) is 5.32. The van der Waals surface area contributed by atoms with Gasteiger partial charge in [-0.25, -0.2) is 0 Å². The van der Waals surface area contributed by atoms with E-state index in [1.165, 1.54) is 11.1 Å². The van der Waals surface area contributed by atoms with E-state index in [9.17, 15) is 0 Å². The molecular formula is C19H17N. The Morgan fingerprint density at radius 1 is 0.500 bits per heavy atom. The molecule has 0 atom stereocenters. The zero-order valence-electron chi connectivity index (χ0n) is 11.3. The molecule has 0 aliphatic carbocycles. The Kier molecular flexibility index (Phi) is 5.80. The fourth-order valence-corrected chi connectivity index (χ4v) is 1.63. The van der Waals surface area contributed by atoms with Gasteiger partial charge in [-0.05, 0) is 23.3 Å². The van der Waals surface area contributed by atoms with E-state index in [0.717, 1.165) is 0 Å². The third-order valence-corrected chi connectivity index (χ3v) is 2.63. The molecule has 1 heterocycles. The first-order chi connectivity index (χ1) is 9.95. The Bertz CT molecular complexity index is 533. The van der Waals surface area contributed by atoms with Crippen molar-refractivity contribution in [3.05, 3.63) is 102 Å². The molecule has 0 aliphatic rings. The van der Waals surface area contributed by atoms with Crippen LogP contribution >= 0.6 is 0 Å². The minimum absolute atomic E-state index is 1.23. The van der Waals surface area contributed by atoms with Gasteiger partial charge in [0.2, 0.25) is 0 Å². The normalized spacial score (nSPS) is 9.80. The molecule has 0 spiro atoms. The maximum absolute atomic E-state index is 3.78. The molecule has 20 heavy (non-hydrogen) atoms. The number of pyridine rings is 1. The molecule has 0 bridgehead atoms. The van der Waals surface area contributed by atoms with E-state index >= 15 is 0 Å². The zero-order chi connectivity index (χ0) is 13.9. The van der Waals surface area contributed by atoms with Crippen molar-refractivity contribution in [3.8, 4) is 0 Å². The molecule has 1 heteroatoms. The maximum atomic E-state index is 3.78. The van der Waals surface area contributed by atoms with Crippen LogP contribution in [0.5, 0.6) is 0 Å². The summed E-state index contributed by atoms with van der Waals surface area (Å²) in [5.74, 6) is 0. The summed E-state index contributed by atoms with van der Waals surface area (Å²) in [7, 11) is 0. The number of rotatable bonds is 2.